The second kappa shape index (κ2) is 10.4. The van der Waals surface area contributed by atoms with Crippen molar-refractivity contribution in [1.82, 2.24) is 0 Å². The van der Waals surface area contributed by atoms with Crippen molar-refractivity contribution in [2.45, 2.75) is 19.8 Å². The van der Waals surface area contributed by atoms with Crippen LogP contribution in [0.1, 0.15) is 35.7 Å². The van der Waals surface area contributed by atoms with Crippen molar-refractivity contribution in [2.75, 3.05) is 30.0 Å². The maximum Gasteiger partial charge on any atom is 0.265 e. The van der Waals surface area contributed by atoms with E-state index in [1.165, 1.54) is 35.2 Å². The number of carbonyl (C=O) groups is 3. The van der Waals surface area contributed by atoms with Crippen LogP contribution in [0.4, 0.5) is 15.8 Å². The average molecular weight is 477 g/mol. The van der Waals surface area contributed by atoms with E-state index < -0.39 is 17.6 Å². The summed E-state index contributed by atoms with van der Waals surface area (Å²) in [5, 5.41) is 2.63. The molecule has 0 fully saturated rings. The Morgan fingerprint density at radius 3 is 2.60 bits per heavy atom. The molecule has 1 heterocycles. The molecule has 0 saturated carbocycles. The van der Waals surface area contributed by atoms with E-state index in [2.05, 4.69) is 19.2 Å². The van der Waals surface area contributed by atoms with E-state index in [4.69, 9.17) is 9.47 Å². The molecule has 0 saturated heterocycles. The molecule has 3 aromatic rings. The van der Waals surface area contributed by atoms with E-state index in [1.54, 1.807) is 18.2 Å². The molecule has 0 radical (unpaired) electrons. The number of Topliss-reactive ketones (excluding diaryl/α,β-unsaturated/α-hetero) is 1. The molecule has 0 aliphatic carbocycles. The Bertz CT molecular complexity index is 1260. The highest BCUT2D eigenvalue weighted by molar-refractivity contribution is 6.06. The summed E-state index contributed by atoms with van der Waals surface area (Å²) in [6.07, 6.45) is 0. The quantitative estimate of drug-likeness (QED) is 0.482. The normalized spacial score (nSPS) is 12.7. The molecular weight excluding hydrogens is 451 g/mol. The fraction of sp³-hybridized carbons (Fsp3) is 0.222. The second-order valence-electron chi connectivity index (χ2n) is 8.45. The van der Waals surface area contributed by atoms with E-state index in [1.807, 2.05) is 18.2 Å². The molecule has 0 unspecified atom stereocenters. The number of ketones is 1. The largest absolute Gasteiger partial charge is 0.485 e. The maximum atomic E-state index is 13.1. The third-order valence-corrected chi connectivity index (χ3v) is 5.55. The third kappa shape index (κ3) is 5.84. The van der Waals surface area contributed by atoms with Gasteiger partial charge >= 0.3 is 0 Å². The highest BCUT2D eigenvalue weighted by Gasteiger charge is 2.28. The first kappa shape index (κ1) is 23.9. The Kier molecular flexibility index (Phi) is 7.10. The Labute approximate surface area is 202 Å². The molecule has 0 bridgehead atoms. The molecule has 3 aromatic carbocycles. The molecule has 0 atom stereocenters. The number of halogens is 1. The zero-order valence-electron chi connectivity index (χ0n) is 19.4. The molecule has 0 aromatic heterocycles. The fourth-order valence-corrected chi connectivity index (χ4v) is 3.62. The van der Waals surface area contributed by atoms with Crippen molar-refractivity contribution in [3.63, 3.8) is 0 Å². The van der Waals surface area contributed by atoms with Crippen LogP contribution in [0.5, 0.6) is 11.5 Å². The minimum absolute atomic E-state index is 0.180. The fourth-order valence-electron chi connectivity index (χ4n) is 3.62. The van der Waals surface area contributed by atoms with E-state index in [0.717, 1.165) is 5.56 Å². The number of nitrogens with one attached hydrogen (secondary N) is 1. The lowest BCUT2D eigenvalue weighted by Gasteiger charge is -2.29. The third-order valence-electron chi connectivity index (χ3n) is 5.55. The second-order valence-corrected chi connectivity index (χ2v) is 8.45. The first-order valence-corrected chi connectivity index (χ1v) is 11.2. The number of hydrogen-bond donors (Lipinski definition) is 1. The van der Waals surface area contributed by atoms with Gasteiger partial charge in [0.25, 0.3) is 5.91 Å². The van der Waals surface area contributed by atoms with Gasteiger partial charge in [0.05, 0.1) is 5.69 Å². The number of carbonyl (C=O) groups excluding carboxylic acids is 3. The SMILES string of the molecule is CC(C)c1cccc(OCC(=O)c2ccc3c(c2)N(CC(=O)Nc2ccc(F)cc2)C(=O)CO3)c1. The maximum absolute atomic E-state index is 13.1. The highest BCUT2D eigenvalue weighted by atomic mass is 19.1. The number of rotatable bonds is 8. The van der Waals surface area contributed by atoms with Gasteiger partial charge in [-0.05, 0) is 66.1 Å². The summed E-state index contributed by atoms with van der Waals surface area (Å²) in [5.74, 6) is -0.272. The van der Waals surface area contributed by atoms with E-state index >= 15 is 0 Å². The predicted octanol–water partition coefficient (Wildman–Crippen LogP) is 4.57. The van der Waals surface area contributed by atoms with Gasteiger partial charge in [-0.1, -0.05) is 26.0 Å². The summed E-state index contributed by atoms with van der Waals surface area (Å²) in [7, 11) is 0. The average Bonchev–Trinajstić information content (AvgIpc) is 2.85. The molecule has 2 amide bonds. The first-order chi connectivity index (χ1) is 16.8. The van der Waals surface area contributed by atoms with Gasteiger partial charge in [-0.25, -0.2) is 4.39 Å². The minimum atomic E-state index is -0.470. The van der Waals surface area contributed by atoms with Crippen LogP contribution in [0.15, 0.2) is 66.7 Å². The molecule has 7 nitrogen and oxygen atoms in total. The Morgan fingerprint density at radius 1 is 1.09 bits per heavy atom. The van der Waals surface area contributed by atoms with Crippen LogP contribution < -0.4 is 19.7 Å². The van der Waals surface area contributed by atoms with Crippen molar-refractivity contribution < 1.29 is 28.2 Å². The summed E-state index contributed by atoms with van der Waals surface area (Å²) in [5.41, 5.74) is 2.16. The molecule has 4 rings (SSSR count). The topological polar surface area (TPSA) is 84.9 Å². The van der Waals surface area contributed by atoms with Crippen LogP contribution in [0.3, 0.4) is 0 Å². The molecule has 0 spiro atoms. The molecular formula is C27H25FN2O5. The molecule has 1 aliphatic rings. The number of benzene rings is 3. The van der Waals surface area contributed by atoms with Gasteiger partial charge in [0.2, 0.25) is 5.91 Å². The number of fused-ring (bicyclic) bond motifs is 1. The molecule has 1 aliphatic heterocycles. The number of amides is 2. The number of ether oxygens (including phenoxy) is 2. The standard InChI is InChI=1S/C27H25FN2O5/c1-17(2)18-4-3-5-22(12-18)34-15-24(31)19-6-11-25-23(13-19)30(27(33)16-35-25)14-26(32)29-21-9-7-20(28)8-10-21/h3-13,17H,14-16H2,1-2H3,(H,29,32). The molecule has 8 heteroatoms. The summed E-state index contributed by atoms with van der Waals surface area (Å²) in [6, 6.07) is 17.6. The lowest BCUT2D eigenvalue weighted by Crippen LogP contribution is -2.43. The Hall–Kier alpha value is -4.20. The van der Waals surface area contributed by atoms with Gasteiger partial charge < -0.3 is 14.8 Å². The molecule has 180 valence electrons. The van der Waals surface area contributed by atoms with Crippen LogP contribution in [-0.4, -0.2) is 37.4 Å². The van der Waals surface area contributed by atoms with Gasteiger partial charge in [0, 0.05) is 11.3 Å². The minimum Gasteiger partial charge on any atom is -0.485 e. The molecule has 35 heavy (non-hydrogen) atoms. The van der Waals surface area contributed by atoms with Crippen molar-refractivity contribution >= 4 is 29.0 Å². The number of nitrogens with zero attached hydrogens (tertiary/aromatic N) is 1. The number of anilines is 2. The lowest BCUT2D eigenvalue weighted by atomic mass is 10.0. The Morgan fingerprint density at radius 2 is 1.86 bits per heavy atom. The van der Waals surface area contributed by atoms with Gasteiger partial charge in [-0.3, -0.25) is 19.3 Å². The molecule has 1 N–H and O–H groups in total. The summed E-state index contributed by atoms with van der Waals surface area (Å²) >= 11 is 0. The zero-order chi connectivity index (χ0) is 24.9. The summed E-state index contributed by atoms with van der Waals surface area (Å²) in [6.45, 7) is 3.46. The monoisotopic (exact) mass is 476 g/mol. The lowest BCUT2D eigenvalue weighted by molar-refractivity contribution is -0.123. The van der Waals surface area contributed by atoms with E-state index in [-0.39, 0.29) is 25.5 Å². The van der Waals surface area contributed by atoms with Crippen molar-refractivity contribution in [1.29, 1.82) is 0 Å². The van der Waals surface area contributed by atoms with Crippen LogP contribution in [0.2, 0.25) is 0 Å². The van der Waals surface area contributed by atoms with Gasteiger partial charge in [0.15, 0.2) is 19.0 Å². The van der Waals surface area contributed by atoms with E-state index in [0.29, 0.717) is 34.4 Å². The van der Waals surface area contributed by atoms with Crippen molar-refractivity contribution in [2.24, 2.45) is 0 Å². The van der Waals surface area contributed by atoms with Crippen LogP contribution in [0.25, 0.3) is 0 Å². The number of hydrogen-bond acceptors (Lipinski definition) is 5. The van der Waals surface area contributed by atoms with Crippen LogP contribution >= 0.6 is 0 Å². The van der Waals surface area contributed by atoms with Gasteiger partial charge in [-0.2, -0.15) is 0 Å². The predicted molar refractivity (Wildman–Crippen MR) is 130 cm³/mol. The first-order valence-electron chi connectivity index (χ1n) is 11.2. The zero-order valence-corrected chi connectivity index (χ0v) is 19.4. The Balaban J connectivity index is 1.46. The van der Waals surface area contributed by atoms with Gasteiger partial charge in [-0.15, -0.1) is 0 Å². The van der Waals surface area contributed by atoms with Gasteiger partial charge in [0.1, 0.15) is 23.9 Å². The summed E-state index contributed by atoms with van der Waals surface area (Å²) < 4.78 is 24.3. The summed E-state index contributed by atoms with van der Waals surface area (Å²) in [4.78, 5) is 39.2. The van der Waals surface area contributed by atoms with Crippen LogP contribution in [0, 0.1) is 5.82 Å². The van der Waals surface area contributed by atoms with Crippen molar-refractivity contribution in [3.05, 3.63) is 83.7 Å². The highest BCUT2D eigenvalue weighted by Crippen LogP contribution is 2.33. The van der Waals surface area contributed by atoms with E-state index in [9.17, 15) is 18.8 Å². The van der Waals surface area contributed by atoms with Crippen LogP contribution in [-0.2, 0) is 9.59 Å². The smallest absolute Gasteiger partial charge is 0.265 e. The van der Waals surface area contributed by atoms with Crippen molar-refractivity contribution in [3.8, 4) is 11.5 Å².